The van der Waals surface area contributed by atoms with Crippen molar-refractivity contribution in [2.75, 3.05) is 6.61 Å². The Morgan fingerprint density at radius 2 is 1.43 bits per heavy atom. The van der Waals surface area contributed by atoms with Crippen LogP contribution in [0.2, 0.25) is 0 Å². The predicted molar refractivity (Wildman–Crippen MR) is 90.0 cm³/mol. The smallest absolute Gasteiger partial charge is 0.309 e. The normalized spacial score (nSPS) is 31.4. The molecule has 0 heterocycles. The molecule has 2 aliphatic rings. The van der Waals surface area contributed by atoms with Crippen LogP contribution < -0.4 is 10.6 Å². The number of ether oxygens (including phenoxy) is 1. The molecule has 0 saturated heterocycles. The fraction of sp³-hybridized carbons (Fsp3) is 0.889. The highest BCUT2D eigenvalue weighted by Gasteiger charge is 2.31. The first kappa shape index (κ1) is 18.2. The van der Waals surface area contributed by atoms with E-state index in [0.29, 0.717) is 12.5 Å². The maximum Gasteiger partial charge on any atom is 0.309 e. The molecule has 5 nitrogen and oxygen atoms in total. The molecule has 23 heavy (non-hydrogen) atoms. The lowest BCUT2D eigenvalue weighted by Crippen LogP contribution is -2.53. The van der Waals surface area contributed by atoms with Crippen molar-refractivity contribution in [3.63, 3.8) is 0 Å². The third-order valence-electron chi connectivity index (χ3n) is 5.36. The minimum absolute atomic E-state index is 0.0322. The third kappa shape index (κ3) is 5.20. The molecular formula is C18H32N2O3. The van der Waals surface area contributed by atoms with Gasteiger partial charge in [0.25, 0.3) is 0 Å². The number of carbonyl (C=O) groups is 2. The van der Waals surface area contributed by atoms with Crippen molar-refractivity contribution in [2.45, 2.75) is 89.8 Å². The van der Waals surface area contributed by atoms with E-state index in [2.05, 4.69) is 17.6 Å². The van der Waals surface area contributed by atoms with E-state index in [9.17, 15) is 9.59 Å². The Hall–Kier alpha value is -1.10. The van der Waals surface area contributed by atoms with Crippen LogP contribution in [0.25, 0.3) is 0 Å². The lowest BCUT2D eigenvalue weighted by molar-refractivity contribution is -0.141. The third-order valence-corrected chi connectivity index (χ3v) is 5.36. The second kappa shape index (κ2) is 9.26. The number of hydrogen-bond acceptors (Lipinski definition) is 3. The van der Waals surface area contributed by atoms with Crippen molar-refractivity contribution in [3.05, 3.63) is 0 Å². The first-order valence-electron chi connectivity index (χ1n) is 9.38. The summed E-state index contributed by atoms with van der Waals surface area (Å²) in [6, 6.07) is 0.122. The van der Waals surface area contributed by atoms with Crippen LogP contribution in [0.4, 0.5) is 0 Å². The molecule has 4 atom stereocenters. The summed E-state index contributed by atoms with van der Waals surface area (Å²) in [6.45, 7) is 4.77. The minimum atomic E-state index is -0.498. The minimum Gasteiger partial charge on any atom is -0.376 e. The van der Waals surface area contributed by atoms with Gasteiger partial charge in [-0.15, -0.1) is 0 Å². The zero-order valence-corrected chi connectivity index (χ0v) is 14.6. The van der Waals surface area contributed by atoms with E-state index in [0.717, 1.165) is 51.4 Å². The SMILES string of the molecule is CCOC1CCCCC1NC(=O)C(=O)NC1CCCCC1CC. The van der Waals surface area contributed by atoms with Gasteiger partial charge in [-0.2, -0.15) is 0 Å². The van der Waals surface area contributed by atoms with Gasteiger partial charge in [0.2, 0.25) is 0 Å². The fourth-order valence-corrected chi connectivity index (χ4v) is 4.03. The molecule has 132 valence electrons. The number of hydrogen-bond donors (Lipinski definition) is 2. The summed E-state index contributed by atoms with van der Waals surface area (Å²) in [6.07, 6.45) is 9.67. The van der Waals surface area contributed by atoms with Crippen molar-refractivity contribution < 1.29 is 14.3 Å². The Morgan fingerprint density at radius 1 is 0.870 bits per heavy atom. The lowest BCUT2D eigenvalue weighted by atomic mass is 9.83. The summed E-state index contributed by atoms with van der Waals surface area (Å²) < 4.78 is 5.71. The summed E-state index contributed by atoms with van der Waals surface area (Å²) in [5.74, 6) is -0.468. The molecule has 0 spiro atoms. The molecule has 2 saturated carbocycles. The highest BCUT2D eigenvalue weighted by Crippen LogP contribution is 2.26. The molecule has 0 aromatic carbocycles. The van der Waals surface area contributed by atoms with Crippen LogP contribution in [0.3, 0.4) is 0 Å². The Kier molecular flexibility index (Phi) is 7.34. The fourth-order valence-electron chi connectivity index (χ4n) is 4.03. The van der Waals surface area contributed by atoms with Crippen LogP contribution in [-0.4, -0.2) is 36.6 Å². The molecule has 2 rings (SSSR count). The van der Waals surface area contributed by atoms with Gasteiger partial charge in [-0.25, -0.2) is 0 Å². The maximum atomic E-state index is 12.3. The molecular weight excluding hydrogens is 292 g/mol. The molecule has 5 heteroatoms. The molecule has 2 fully saturated rings. The van der Waals surface area contributed by atoms with E-state index >= 15 is 0 Å². The summed E-state index contributed by atoms with van der Waals surface area (Å²) in [5, 5.41) is 5.86. The molecule has 0 aromatic heterocycles. The zero-order valence-electron chi connectivity index (χ0n) is 14.6. The van der Waals surface area contributed by atoms with Crippen LogP contribution in [-0.2, 0) is 14.3 Å². The molecule has 0 radical (unpaired) electrons. The van der Waals surface area contributed by atoms with Gasteiger partial charge in [0.05, 0.1) is 12.1 Å². The molecule has 2 aliphatic carbocycles. The van der Waals surface area contributed by atoms with Crippen LogP contribution in [0.15, 0.2) is 0 Å². The number of carbonyl (C=O) groups excluding carboxylic acids is 2. The quantitative estimate of drug-likeness (QED) is 0.764. The number of nitrogens with one attached hydrogen (secondary N) is 2. The average Bonchev–Trinajstić information content (AvgIpc) is 2.57. The summed E-state index contributed by atoms with van der Waals surface area (Å²) in [4.78, 5) is 24.5. The van der Waals surface area contributed by atoms with Gasteiger partial charge in [0, 0.05) is 12.6 Å². The predicted octanol–water partition coefficient (Wildman–Crippen LogP) is 2.54. The van der Waals surface area contributed by atoms with Crippen LogP contribution in [0.5, 0.6) is 0 Å². The lowest BCUT2D eigenvalue weighted by Gasteiger charge is -2.33. The van der Waals surface area contributed by atoms with Gasteiger partial charge in [-0.3, -0.25) is 9.59 Å². The zero-order chi connectivity index (χ0) is 16.7. The van der Waals surface area contributed by atoms with E-state index < -0.39 is 11.8 Å². The van der Waals surface area contributed by atoms with Crippen LogP contribution in [0, 0.1) is 5.92 Å². The summed E-state index contributed by atoms with van der Waals surface area (Å²) in [5.41, 5.74) is 0. The van der Waals surface area contributed by atoms with Crippen molar-refractivity contribution in [1.29, 1.82) is 0 Å². The Balaban J connectivity index is 1.85. The van der Waals surface area contributed by atoms with Gasteiger partial charge in [-0.1, -0.05) is 39.0 Å². The molecule has 2 N–H and O–H groups in total. The summed E-state index contributed by atoms with van der Waals surface area (Å²) in [7, 11) is 0. The number of rotatable bonds is 5. The van der Waals surface area contributed by atoms with Gasteiger partial charge in [-0.05, 0) is 38.5 Å². The van der Waals surface area contributed by atoms with Crippen LogP contribution >= 0.6 is 0 Å². The molecule has 0 aliphatic heterocycles. The average molecular weight is 324 g/mol. The van der Waals surface area contributed by atoms with Crippen molar-refractivity contribution in [1.82, 2.24) is 10.6 Å². The molecule has 0 bridgehead atoms. The van der Waals surface area contributed by atoms with Crippen molar-refractivity contribution in [3.8, 4) is 0 Å². The Labute approximate surface area is 139 Å². The first-order valence-corrected chi connectivity index (χ1v) is 9.38. The topological polar surface area (TPSA) is 67.4 Å². The van der Waals surface area contributed by atoms with E-state index in [1.165, 1.54) is 6.42 Å². The van der Waals surface area contributed by atoms with E-state index in [1.807, 2.05) is 6.92 Å². The molecule has 4 unspecified atom stereocenters. The van der Waals surface area contributed by atoms with Gasteiger partial charge in [0.15, 0.2) is 0 Å². The largest absolute Gasteiger partial charge is 0.376 e. The molecule has 0 aromatic rings. The second-order valence-electron chi connectivity index (χ2n) is 6.89. The maximum absolute atomic E-state index is 12.3. The highest BCUT2D eigenvalue weighted by molar-refractivity contribution is 6.35. The van der Waals surface area contributed by atoms with E-state index in [1.54, 1.807) is 0 Å². The Morgan fingerprint density at radius 3 is 2.09 bits per heavy atom. The van der Waals surface area contributed by atoms with Gasteiger partial charge in [0.1, 0.15) is 0 Å². The van der Waals surface area contributed by atoms with Crippen LogP contribution in [0.1, 0.15) is 71.6 Å². The van der Waals surface area contributed by atoms with Crippen molar-refractivity contribution in [2.24, 2.45) is 5.92 Å². The monoisotopic (exact) mass is 324 g/mol. The molecule has 2 amide bonds. The van der Waals surface area contributed by atoms with Gasteiger partial charge >= 0.3 is 11.8 Å². The van der Waals surface area contributed by atoms with E-state index in [-0.39, 0.29) is 18.2 Å². The van der Waals surface area contributed by atoms with Crippen molar-refractivity contribution >= 4 is 11.8 Å². The highest BCUT2D eigenvalue weighted by atomic mass is 16.5. The Bertz CT molecular complexity index is 398. The van der Waals surface area contributed by atoms with Gasteiger partial charge < -0.3 is 15.4 Å². The summed E-state index contributed by atoms with van der Waals surface area (Å²) >= 11 is 0. The number of amides is 2. The second-order valence-corrected chi connectivity index (χ2v) is 6.89. The standard InChI is InChI=1S/C18H32N2O3/c1-3-13-9-5-6-10-14(13)19-17(21)18(22)20-15-11-7-8-12-16(15)23-4-2/h13-16H,3-12H2,1-2H3,(H,19,21)(H,20,22). The van der Waals surface area contributed by atoms with E-state index in [4.69, 9.17) is 4.74 Å². The first-order chi connectivity index (χ1) is 11.2.